The molecule has 1 aromatic carbocycles. The molecule has 17 heavy (non-hydrogen) atoms. The smallest absolute Gasteiger partial charge is 0.150 e. The standard InChI is InChI=1S/C12H6Cl3NO/c13-8-1-2-11(14)9(4-8)10-5-16-12(15)3-7(10)6-17/h1-6H. The van der Waals surface area contributed by atoms with Gasteiger partial charge in [-0.1, -0.05) is 34.8 Å². The molecule has 2 aromatic rings. The summed E-state index contributed by atoms with van der Waals surface area (Å²) in [4.78, 5) is 14.9. The fourth-order valence-corrected chi connectivity index (χ4v) is 2.03. The monoisotopic (exact) mass is 285 g/mol. The van der Waals surface area contributed by atoms with E-state index in [4.69, 9.17) is 34.8 Å². The third-order valence-corrected chi connectivity index (χ3v) is 3.02. The van der Waals surface area contributed by atoms with Crippen molar-refractivity contribution in [3.05, 3.63) is 51.2 Å². The lowest BCUT2D eigenvalue weighted by molar-refractivity contribution is 0.112. The summed E-state index contributed by atoms with van der Waals surface area (Å²) in [6, 6.07) is 6.52. The second-order valence-electron chi connectivity index (χ2n) is 3.34. The van der Waals surface area contributed by atoms with E-state index in [9.17, 15) is 4.79 Å². The molecule has 0 bridgehead atoms. The zero-order chi connectivity index (χ0) is 12.4. The first-order chi connectivity index (χ1) is 8.11. The zero-order valence-electron chi connectivity index (χ0n) is 8.45. The van der Waals surface area contributed by atoms with Gasteiger partial charge < -0.3 is 0 Å². The number of carbonyl (C=O) groups excluding carboxylic acids is 1. The number of aldehydes is 1. The van der Waals surface area contributed by atoms with Gasteiger partial charge in [0.25, 0.3) is 0 Å². The van der Waals surface area contributed by atoms with Crippen LogP contribution in [0.15, 0.2) is 30.5 Å². The fraction of sp³-hybridized carbons (Fsp3) is 0. The summed E-state index contributed by atoms with van der Waals surface area (Å²) in [5.41, 5.74) is 1.69. The number of aromatic nitrogens is 1. The number of rotatable bonds is 2. The Labute approximate surface area is 113 Å². The Kier molecular flexibility index (Phi) is 3.67. The Morgan fingerprint density at radius 1 is 1.06 bits per heavy atom. The van der Waals surface area contributed by atoms with E-state index in [-0.39, 0.29) is 5.15 Å². The van der Waals surface area contributed by atoms with Gasteiger partial charge in [-0.2, -0.15) is 0 Å². The molecular formula is C12H6Cl3NO. The molecule has 0 amide bonds. The number of halogens is 3. The van der Waals surface area contributed by atoms with E-state index in [1.807, 2.05) is 0 Å². The van der Waals surface area contributed by atoms with Crippen LogP contribution in [0.25, 0.3) is 11.1 Å². The predicted octanol–water partition coefficient (Wildman–Crippen LogP) is 4.52. The average Bonchev–Trinajstić information content (AvgIpc) is 2.32. The lowest BCUT2D eigenvalue weighted by Crippen LogP contribution is -1.91. The van der Waals surface area contributed by atoms with Gasteiger partial charge in [-0.15, -0.1) is 0 Å². The molecule has 0 aliphatic rings. The highest BCUT2D eigenvalue weighted by molar-refractivity contribution is 6.35. The first kappa shape index (κ1) is 12.4. The average molecular weight is 287 g/mol. The molecule has 0 unspecified atom stereocenters. The lowest BCUT2D eigenvalue weighted by Gasteiger charge is -2.07. The zero-order valence-corrected chi connectivity index (χ0v) is 10.7. The number of benzene rings is 1. The van der Waals surface area contributed by atoms with Crippen LogP contribution in [-0.2, 0) is 0 Å². The molecular weight excluding hydrogens is 280 g/mol. The van der Waals surface area contributed by atoms with E-state index < -0.39 is 0 Å². The predicted molar refractivity (Wildman–Crippen MR) is 70.1 cm³/mol. The van der Waals surface area contributed by atoms with Gasteiger partial charge in [0.2, 0.25) is 0 Å². The molecule has 0 saturated carbocycles. The number of hydrogen-bond donors (Lipinski definition) is 0. The Hall–Kier alpha value is -1.09. The van der Waals surface area contributed by atoms with Crippen molar-refractivity contribution in [2.75, 3.05) is 0 Å². The first-order valence-corrected chi connectivity index (χ1v) is 5.81. The molecule has 1 heterocycles. The molecule has 1 aromatic heterocycles. The second kappa shape index (κ2) is 5.05. The maximum Gasteiger partial charge on any atom is 0.150 e. The van der Waals surface area contributed by atoms with Crippen molar-refractivity contribution >= 4 is 41.1 Å². The highest BCUT2D eigenvalue weighted by Crippen LogP contribution is 2.32. The van der Waals surface area contributed by atoms with Gasteiger partial charge in [0.1, 0.15) is 5.15 Å². The van der Waals surface area contributed by atoms with E-state index >= 15 is 0 Å². The van der Waals surface area contributed by atoms with Gasteiger partial charge in [-0.3, -0.25) is 4.79 Å². The number of hydrogen-bond acceptors (Lipinski definition) is 2. The summed E-state index contributed by atoms with van der Waals surface area (Å²) in [5.74, 6) is 0. The van der Waals surface area contributed by atoms with Crippen LogP contribution in [0.1, 0.15) is 10.4 Å². The largest absolute Gasteiger partial charge is 0.298 e. The van der Waals surface area contributed by atoms with Crippen LogP contribution in [0.2, 0.25) is 15.2 Å². The third kappa shape index (κ3) is 2.60. The fourth-order valence-electron chi connectivity index (χ4n) is 1.47. The van der Waals surface area contributed by atoms with Crippen molar-refractivity contribution < 1.29 is 4.79 Å². The number of nitrogens with zero attached hydrogens (tertiary/aromatic N) is 1. The van der Waals surface area contributed by atoms with Crippen molar-refractivity contribution in [2.24, 2.45) is 0 Å². The van der Waals surface area contributed by atoms with Gasteiger partial charge in [0.05, 0.1) is 0 Å². The molecule has 0 atom stereocenters. The van der Waals surface area contributed by atoms with Gasteiger partial charge in [0.15, 0.2) is 6.29 Å². The molecule has 86 valence electrons. The van der Waals surface area contributed by atoms with Crippen molar-refractivity contribution in [2.45, 2.75) is 0 Å². The molecule has 2 nitrogen and oxygen atoms in total. The van der Waals surface area contributed by atoms with E-state index in [2.05, 4.69) is 4.98 Å². The summed E-state index contributed by atoms with van der Waals surface area (Å²) in [6.07, 6.45) is 2.21. The van der Waals surface area contributed by atoms with Gasteiger partial charge in [-0.25, -0.2) is 4.98 Å². The van der Waals surface area contributed by atoms with Crippen molar-refractivity contribution in [1.29, 1.82) is 0 Å². The minimum atomic E-state index is 0.258. The van der Waals surface area contributed by atoms with Crippen molar-refractivity contribution in [3.8, 4) is 11.1 Å². The Balaban J connectivity index is 2.67. The first-order valence-electron chi connectivity index (χ1n) is 4.68. The molecule has 0 spiro atoms. The SMILES string of the molecule is O=Cc1cc(Cl)ncc1-c1cc(Cl)ccc1Cl. The molecule has 0 aliphatic carbocycles. The van der Waals surface area contributed by atoms with Crippen LogP contribution < -0.4 is 0 Å². The Bertz CT molecular complexity index is 584. The summed E-state index contributed by atoms with van der Waals surface area (Å²) in [6.45, 7) is 0. The minimum absolute atomic E-state index is 0.258. The summed E-state index contributed by atoms with van der Waals surface area (Å²) in [5, 5.41) is 1.30. The van der Waals surface area contributed by atoms with Crippen LogP contribution in [0, 0.1) is 0 Å². The summed E-state index contributed by atoms with van der Waals surface area (Å²) < 4.78 is 0. The highest BCUT2D eigenvalue weighted by Gasteiger charge is 2.10. The van der Waals surface area contributed by atoms with Gasteiger partial charge in [0, 0.05) is 32.9 Å². The molecule has 5 heteroatoms. The van der Waals surface area contributed by atoms with Crippen LogP contribution in [-0.4, -0.2) is 11.3 Å². The highest BCUT2D eigenvalue weighted by atomic mass is 35.5. The van der Waals surface area contributed by atoms with E-state index in [0.29, 0.717) is 33.0 Å². The van der Waals surface area contributed by atoms with Crippen molar-refractivity contribution in [1.82, 2.24) is 4.98 Å². The Morgan fingerprint density at radius 3 is 2.53 bits per heavy atom. The number of carbonyl (C=O) groups is 1. The van der Waals surface area contributed by atoms with Gasteiger partial charge in [-0.05, 0) is 24.3 Å². The minimum Gasteiger partial charge on any atom is -0.298 e. The molecule has 2 rings (SSSR count). The number of pyridine rings is 1. The second-order valence-corrected chi connectivity index (χ2v) is 4.57. The summed E-state index contributed by atoms with van der Waals surface area (Å²) >= 11 is 17.7. The molecule has 0 saturated heterocycles. The van der Waals surface area contributed by atoms with E-state index in [1.54, 1.807) is 18.2 Å². The Morgan fingerprint density at radius 2 is 1.82 bits per heavy atom. The topological polar surface area (TPSA) is 30.0 Å². The third-order valence-electron chi connectivity index (χ3n) is 2.25. The van der Waals surface area contributed by atoms with Crippen LogP contribution >= 0.6 is 34.8 Å². The van der Waals surface area contributed by atoms with Crippen LogP contribution in [0.5, 0.6) is 0 Å². The van der Waals surface area contributed by atoms with E-state index in [0.717, 1.165) is 0 Å². The van der Waals surface area contributed by atoms with Crippen LogP contribution in [0.4, 0.5) is 0 Å². The summed E-state index contributed by atoms with van der Waals surface area (Å²) in [7, 11) is 0. The van der Waals surface area contributed by atoms with E-state index in [1.165, 1.54) is 12.3 Å². The molecule has 0 fully saturated rings. The maximum atomic E-state index is 11.0. The normalized spacial score (nSPS) is 10.3. The lowest BCUT2D eigenvalue weighted by atomic mass is 10.0. The molecule has 0 N–H and O–H groups in total. The van der Waals surface area contributed by atoms with Gasteiger partial charge >= 0.3 is 0 Å². The van der Waals surface area contributed by atoms with Crippen LogP contribution in [0.3, 0.4) is 0 Å². The molecule has 0 radical (unpaired) electrons. The maximum absolute atomic E-state index is 11.0. The molecule has 0 aliphatic heterocycles. The van der Waals surface area contributed by atoms with Crippen molar-refractivity contribution in [3.63, 3.8) is 0 Å². The quantitative estimate of drug-likeness (QED) is 0.600.